The zero-order valence-electron chi connectivity index (χ0n) is 13.9. The number of rotatable bonds is 4. The number of urea groups is 1. The molecule has 8 nitrogen and oxygen atoms in total. The highest BCUT2D eigenvalue weighted by Gasteiger charge is 2.38. The molecule has 0 fully saturated rings. The van der Waals surface area contributed by atoms with Crippen molar-refractivity contribution in [1.82, 2.24) is 20.0 Å². The van der Waals surface area contributed by atoms with E-state index in [1.807, 2.05) is 24.3 Å². The summed E-state index contributed by atoms with van der Waals surface area (Å²) >= 11 is 1.33. The van der Waals surface area contributed by atoms with Crippen LogP contribution in [0.1, 0.15) is 10.5 Å². The van der Waals surface area contributed by atoms with Gasteiger partial charge in [0.1, 0.15) is 5.25 Å². The van der Waals surface area contributed by atoms with Crippen LogP contribution in [0, 0.1) is 0 Å². The van der Waals surface area contributed by atoms with Gasteiger partial charge < -0.3 is 5.32 Å². The molecule has 0 saturated carbocycles. The van der Waals surface area contributed by atoms with Gasteiger partial charge in [0.25, 0.3) is 5.91 Å². The first-order valence-corrected chi connectivity index (χ1v) is 8.96. The highest BCUT2D eigenvalue weighted by molar-refractivity contribution is 8.04. The van der Waals surface area contributed by atoms with Crippen molar-refractivity contribution in [3.63, 3.8) is 0 Å². The van der Waals surface area contributed by atoms with Crippen LogP contribution < -0.4 is 5.32 Å². The molecule has 1 aromatic heterocycles. The first kappa shape index (κ1) is 16.5. The second kappa shape index (κ2) is 6.41. The number of carbonyl (C=O) groups is 3. The molecule has 0 bridgehead atoms. The lowest BCUT2D eigenvalue weighted by Gasteiger charge is -2.25. The molecule has 0 radical (unpaired) electrons. The molecule has 26 heavy (non-hydrogen) atoms. The Morgan fingerprint density at radius 3 is 2.96 bits per heavy atom. The van der Waals surface area contributed by atoms with Crippen molar-refractivity contribution >= 4 is 46.2 Å². The van der Waals surface area contributed by atoms with Crippen LogP contribution in [0.5, 0.6) is 0 Å². The summed E-state index contributed by atoms with van der Waals surface area (Å²) in [5, 5.41) is 9.02. The lowest BCUT2D eigenvalue weighted by Crippen LogP contribution is -2.49. The number of benzene rings is 1. The van der Waals surface area contributed by atoms with Crippen molar-refractivity contribution in [2.45, 2.75) is 5.25 Å². The highest BCUT2D eigenvalue weighted by Crippen LogP contribution is 2.27. The average Bonchev–Trinajstić information content (AvgIpc) is 3.23. The van der Waals surface area contributed by atoms with Crippen molar-refractivity contribution in [3.05, 3.63) is 41.4 Å². The maximum absolute atomic E-state index is 12.4. The Bertz CT molecular complexity index is 993. The number of aliphatic imine (C=N–C) groups is 1. The van der Waals surface area contributed by atoms with Crippen molar-refractivity contribution in [2.75, 3.05) is 13.1 Å². The number of amides is 4. The summed E-state index contributed by atoms with van der Waals surface area (Å²) in [4.78, 5) is 41.8. The van der Waals surface area contributed by atoms with Crippen LogP contribution in [0.25, 0.3) is 10.9 Å². The summed E-state index contributed by atoms with van der Waals surface area (Å²) in [5.74, 6) is -0.646. The quantitative estimate of drug-likeness (QED) is 0.877. The first-order valence-electron chi connectivity index (χ1n) is 8.02. The van der Waals surface area contributed by atoms with E-state index < -0.39 is 11.3 Å². The molecule has 2 aliphatic heterocycles. The zero-order valence-corrected chi connectivity index (χ0v) is 14.7. The van der Waals surface area contributed by atoms with E-state index in [0.717, 1.165) is 15.8 Å². The minimum absolute atomic E-state index is 0.0714. The average molecular weight is 369 g/mol. The molecule has 0 aliphatic carbocycles. The molecule has 0 spiro atoms. The van der Waals surface area contributed by atoms with E-state index in [4.69, 9.17) is 0 Å². The normalized spacial score (nSPS) is 19.0. The number of aromatic nitrogens is 2. The second-order valence-corrected chi connectivity index (χ2v) is 6.89. The van der Waals surface area contributed by atoms with Gasteiger partial charge >= 0.3 is 6.03 Å². The summed E-state index contributed by atoms with van der Waals surface area (Å²) < 4.78 is 1.64. The third-order valence-electron chi connectivity index (χ3n) is 4.26. The number of imide groups is 1. The lowest BCUT2D eigenvalue weighted by atomic mass is 10.2. The summed E-state index contributed by atoms with van der Waals surface area (Å²) in [5.41, 5.74) is 1.66. The number of aryl methyl sites for hydroxylation is 1. The third-order valence-corrected chi connectivity index (χ3v) is 5.27. The Morgan fingerprint density at radius 2 is 2.12 bits per heavy atom. The van der Waals surface area contributed by atoms with Gasteiger partial charge in [0.05, 0.1) is 11.2 Å². The maximum Gasteiger partial charge on any atom is 0.350 e. The van der Waals surface area contributed by atoms with Crippen molar-refractivity contribution in [1.29, 1.82) is 0 Å². The van der Waals surface area contributed by atoms with Crippen molar-refractivity contribution in [3.8, 4) is 0 Å². The fourth-order valence-corrected chi connectivity index (χ4v) is 3.87. The van der Waals surface area contributed by atoms with E-state index >= 15 is 0 Å². The van der Waals surface area contributed by atoms with E-state index in [1.165, 1.54) is 11.8 Å². The molecule has 1 aromatic carbocycles. The van der Waals surface area contributed by atoms with Gasteiger partial charge in [-0.3, -0.25) is 19.2 Å². The van der Waals surface area contributed by atoms with Gasteiger partial charge in [-0.2, -0.15) is 10.1 Å². The largest absolute Gasteiger partial charge is 0.350 e. The molecular formula is C17H15N5O3S. The number of nitrogens with one attached hydrogen (secondary N) is 1. The van der Waals surface area contributed by atoms with Gasteiger partial charge in [0.2, 0.25) is 5.91 Å². The lowest BCUT2D eigenvalue weighted by molar-refractivity contribution is -0.126. The topological polar surface area (TPSA) is 96.7 Å². The SMILES string of the molecule is Cn1nc(C(=O)NCCN2C(=O)N=C3C=CSC3C2=O)c2ccccc21. The number of fused-ring (bicyclic) bond motifs is 2. The van der Waals surface area contributed by atoms with Crippen LogP contribution in [0.2, 0.25) is 0 Å². The van der Waals surface area contributed by atoms with Gasteiger partial charge in [-0.1, -0.05) is 18.2 Å². The molecule has 9 heteroatoms. The first-order chi connectivity index (χ1) is 12.6. The van der Waals surface area contributed by atoms with Crippen LogP contribution in [-0.4, -0.2) is 56.6 Å². The van der Waals surface area contributed by atoms with Gasteiger partial charge in [-0.15, -0.1) is 11.8 Å². The number of thioether (sulfide) groups is 1. The molecular weight excluding hydrogens is 354 g/mol. The van der Waals surface area contributed by atoms with E-state index in [1.54, 1.807) is 23.2 Å². The van der Waals surface area contributed by atoms with Crippen LogP contribution in [0.15, 0.2) is 40.7 Å². The van der Waals surface area contributed by atoms with E-state index in [2.05, 4.69) is 15.4 Å². The third kappa shape index (κ3) is 2.70. The van der Waals surface area contributed by atoms with Crippen LogP contribution in [-0.2, 0) is 11.8 Å². The van der Waals surface area contributed by atoms with E-state index in [-0.39, 0.29) is 24.9 Å². The molecule has 1 unspecified atom stereocenters. The molecule has 1 N–H and O–H groups in total. The minimum Gasteiger partial charge on any atom is -0.349 e. The number of para-hydroxylation sites is 1. The summed E-state index contributed by atoms with van der Waals surface area (Å²) in [6.45, 7) is 0.207. The predicted octanol–water partition coefficient (Wildman–Crippen LogP) is 1.34. The van der Waals surface area contributed by atoms with Crippen LogP contribution in [0.3, 0.4) is 0 Å². The predicted molar refractivity (Wildman–Crippen MR) is 98.1 cm³/mol. The standard InChI is InChI=1S/C17H15N5O3S/c1-21-12-5-3-2-4-10(12)13(20-21)15(23)18-7-8-22-16(24)14-11(6-9-26-14)19-17(22)25/h2-6,9,14H,7-8H2,1H3,(H,18,23). The number of carbonyl (C=O) groups excluding carboxylic acids is 3. The fourth-order valence-electron chi connectivity index (χ4n) is 2.98. The molecule has 2 aromatic rings. The number of nitrogens with zero attached hydrogens (tertiary/aromatic N) is 4. The van der Waals surface area contributed by atoms with Crippen molar-refractivity contribution < 1.29 is 14.4 Å². The van der Waals surface area contributed by atoms with Crippen LogP contribution >= 0.6 is 11.8 Å². The smallest absolute Gasteiger partial charge is 0.349 e. The molecule has 3 heterocycles. The Balaban J connectivity index is 1.42. The Morgan fingerprint density at radius 1 is 1.31 bits per heavy atom. The second-order valence-electron chi connectivity index (χ2n) is 5.87. The molecule has 2 aliphatic rings. The van der Waals surface area contributed by atoms with Gasteiger partial charge in [-0.25, -0.2) is 4.79 Å². The van der Waals surface area contributed by atoms with Gasteiger partial charge in [0.15, 0.2) is 5.69 Å². The van der Waals surface area contributed by atoms with E-state index in [0.29, 0.717) is 11.4 Å². The minimum atomic E-state index is -0.592. The maximum atomic E-state index is 12.4. The molecule has 4 amide bonds. The Kier molecular flexibility index (Phi) is 4.08. The Labute approximate surface area is 152 Å². The van der Waals surface area contributed by atoms with Crippen LogP contribution in [0.4, 0.5) is 4.79 Å². The summed E-state index contributed by atoms with van der Waals surface area (Å²) in [6, 6.07) is 6.84. The number of allylic oxidation sites excluding steroid dienone is 1. The monoisotopic (exact) mass is 369 g/mol. The highest BCUT2D eigenvalue weighted by atomic mass is 32.2. The van der Waals surface area contributed by atoms with Gasteiger partial charge in [0, 0.05) is 25.5 Å². The molecule has 132 valence electrons. The molecule has 0 saturated heterocycles. The zero-order chi connectivity index (χ0) is 18.3. The van der Waals surface area contributed by atoms with E-state index in [9.17, 15) is 14.4 Å². The van der Waals surface area contributed by atoms with Crippen molar-refractivity contribution in [2.24, 2.45) is 12.0 Å². The number of hydrogen-bond donors (Lipinski definition) is 1. The molecule has 1 atom stereocenters. The number of hydrogen-bond acceptors (Lipinski definition) is 5. The summed E-state index contributed by atoms with van der Waals surface area (Å²) in [7, 11) is 1.77. The fraction of sp³-hybridized carbons (Fsp3) is 0.235. The van der Waals surface area contributed by atoms with Gasteiger partial charge in [-0.05, 0) is 17.6 Å². The molecule has 4 rings (SSSR count). The Hall–Kier alpha value is -2.94. The summed E-state index contributed by atoms with van der Waals surface area (Å²) in [6.07, 6.45) is 1.68.